The van der Waals surface area contributed by atoms with E-state index < -0.39 is 0 Å². The van der Waals surface area contributed by atoms with Crippen LogP contribution in [0, 0.1) is 11.7 Å². The quantitative estimate of drug-likeness (QED) is 0.577. The smallest absolute Gasteiger partial charge is 0.227 e. The average molecular weight is 478 g/mol. The molecule has 2 saturated heterocycles. The van der Waals surface area contributed by atoms with Gasteiger partial charge in [-0.25, -0.2) is 19.3 Å². The number of imidazole rings is 1. The monoisotopic (exact) mass is 477 g/mol. The van der Waals surface area contributed by atoms with Gasteiger partial charge in [0.2, 0.25) is 5.91 Å². The molecule has 0 spiro atoms. The molecular formula is C26H32FN7O. The van der Waals surface area contributed by atoms with Gasteiger partial charge < -0.3 is 19.3 Å². The number of anilines is 2. The van der Waals surface area contributed by atoms with E-state index in [1.54, 1.807) is 6.33 Å². The minimum Gasteiger partial charge on any atom is -0.368 e. The lowest BCUT2D eigenvalue weighted by atomic mass is 9.96. The number of carbonyl (C=O) groups excluding carboxylic acids is 1. The zero-order valence-corrected chi connectivity index (χ0v) is 20.1. The van der Waals surface area contributed by atoms with Crippen molar-refractivity contribution in [1.29, 1.82) is 0 Å². The van der Waals surface area contributed by atoms with Crippen LogP contribution in [0.3, 0.4) is 0 Å². The van der Waals surface area contributed by atoms with Crippen LogP contribution < -0.4 is 9.80 Å². The molecule has 0 aliphatic carbocycles. The van der Waals surface area contributed by atoms with Gasteiger partial charge in [-0.2, -0.15) is 0 Å². The third kappa shape index (κ3) is 4.32. The highest BCUT2D eigenvalue weighted by atomic mass is 19.1. The zero-order valence-electron chi connectivity index (χ0n) is 20.1. The molecule has 35 heavy (non-hydrogen) atoms. The summed E-state index contributed by atoms with van der Waals surface area (Å²) in [4.78, 5) is 34.1. The first kappa shape index (κ1) is 22.2. The minimum absolute atomic E-state index is 0.0356. The normalized spacial score (nSPS) is 21.2. The largest absolute Gasteiger partial charge is 0.368 e. The van der Waals surface area contributed by atoms with E-state index in [0.29, 0.717) is 19.6 Å². The van der Waals surface area contributed by atoms with E-state index in [-0.39, 0.29) is 17.6 Å². The highest BCUT2D eigenvalue weighted by molar-refractivity contribution is 5.85. The van der Waals surface area contributed by atoms with Crippen molar-refractivity contribution in [3.63, 3.8) is 0 Å². The molecule has 1 amide bonds. The molecule has 6 rings (SSSR count). The molecule has 8 nitrogen and oxygen atoms in total. The van der Waals surface area contributed by atoms with Crippen molar-refractivity contribution in [3.8, 4) is 0 Å². The molecular weight excluding hydrogens is 445 g/mol. The number of piperazine rings is 1. The van der Waals surface area contributed by atoms with Crippen molar-refractivity contribution < 1.29 is 9.18 Å². The number of amides is 1. The Hall–Kier alpha value is -3.23. The lowest BCUT2D eigenvalue weighted by Gasteiger charge is -2.40. The first-order valence-electron chi connectivity index (χ1n) is 12.9. The summed E-state index contributed by atoms with van der Waals surface area (Å²) in [7, 11) is 0. The van der Waals surface area contributed by atoms with Gasteiger partial charge in [-0.05, 0) is 49.9 Å². The Morgan fingerprint density at radius 2 is 1.71 bits per heavy atom. The Labute approximate surface area is 204 Å². The van der Waals surface area contributed by atoms with E-state index >= 15 is 0 Å². The molecule has 0 unspecified atom stereocenters. The Morgan fingerprint density at radius 1 is 0.886 bits per heavy atom. The van der Waals surface area contributed by atoms with Crippen molar-refractivity contribution in [1.82, 2.24) is 24.4 Å². The van der Waals surface area contributed by atoms with E-state index in [0.717, 1.165) is 80.4 Å². The number of aromatic nitrogens is 4. The van der Waals surface area contributed by atoms with Crippen LogP contribution in [0.25, 0.3) is 11.2 Å². The third-order valence-corrected chi connectivity index (χ3v) is 7.73. The SMILES string of the molecule is O=C([C@H]1CCCN(c2ncnc3c2nc2n3CCCCC2)C1)N1CCN(c2ccc(F)cc2)CC1. The van der Waals surface area contributed by atoms with Gasteiger partial charge in [0, 0.05) is 57.9 Å². The van der Waals surface area contributed by atoms with Crippen LogP contribution in [0.1, 0.15) is 37.9 Å². The van der Waals surface area contributed by atoms with Gasteiger partial charge in [-0.1, -0.05) is 6.42 Å². The molecule has 3 aliphatic heterocycles. The highest BCUT2D eigenvalue weighted by Gasteiger charge is 2.33. The van der Waals surface area contributed by atoms with Gasteiger partial charge in [-0.3, -0.25) is 4.79 Å². The van der Waals surface area contributed by atoms with Crippen LogP contribution in [0.5, 0.6) is 0 Å². The topological polar surface area (TPSA) is 70.4 Å². The van der Waals surface area contributed by atoms with Crippen molar-refractivity contribution >= 4 is 28.6 Å². The van der Waals surface area contributed by atoms with Crippen LogP contribution in [0.15, 0.2) is 30.6 Å². The van der Waals surface area contributed by atoms with Gasteiger partial charge in [0.05, 0.1) is 5.92 Å². The molecule has 0 bridgehead atoms. The average Bonchev–Trinajstić information content (AvgIpc) is 3.09. The highest BCUT2D eigenvalue weighted by Crippen LogP contribution is 2.30. The summed E-state index contributed by atoms with van der Waals surface area (Å²) in [5, 5.41) is 0. The second-order valence-corrected chi connectivity index (χ2v) is 9.93. The maximum absolute atomic E-state index is 13.5. The van der Waals surface area contributed by atoms with E-state index in [9.17, 15) is 9.18 Å². The fraction of sp³-hybridized carbons (Fsp3) is 0.538. The predicted octanol–water partition coefficient (Wildman–Crippen LogP) is 3.26. The summed E-state index contributed by atoms with van der Waals surface area (Å²) in [6.07, 6.45) is 8.06. The second-order valence-electron chi connectivity index (χ2n) is 9.93. The molecule has 5 heterocycles. The van der Waals surface area contributed by atoms with Crippen molar-refractivity contribution in [2.24, 2.45) is 5.92 Å². The van der Waals surface area contributed by atoms with Crippen molar-refractivity contribution in [2.75, 3.05) is 49.1 Å². The summed E-state index contributed by atoms with van der Waals surface area (Å²) < 4.78 is 15.5. The van der Waals surface area contributed by atoms with Crippen LogP contribution in [0.4, 0.5) is 15.9 Å². The number of carbonyl (C=O) groups is 1. The lowest BCUT2D eigenvalue weighted by Crippen LogP contribution is -2.52. The second kappa shape index (κ2) is 9.43. The maximum atomic E-state index is 13.5. The molecule has 0 radical (unpaired) electrons. The Kier molecular flexibility index (Phi) is 6.00. The van der Waals surface area contributed by atoms with Crippen LogP contribution in [-0.2, 0) is 17.8 Å². The summed E-state index contributed by atoms with van der Waals surface area (Å²) in [6, 6.07) is 6.60. The Morgan fingerprint density at radius 3 is 2.54 bits per heavy atom. The number of nitrogens with zero attached hydrogens (tertiary/aromatic N) is 7. The molecule has 1 aromatic carbocycles. The number of rotatable bonds is 3. The number of hydrogen-bond acceptors (Lipinski definition) is 6. The number of piperidine rings is 1. The first-order valence-corrected chi connectivity index (χ1v) is 12.9. The maximum Gasteiger partial charge on any atom is 0.227 e. The molecule has 2 aromatic heterocycles. The molecule has 184 valence electrons. The lowest BCUT2D eigenvalue weighted by molar-refractivity contribution is -0.136. The standard InChI is InChI=1S/C26H32FN7O/c27-20-7-9-21(10-8-20)31-13-15-32(16-14-31)26(35)19-5-4-11-33(17-19)24-23-25(29-18-28-24)34-12-3-1-2-6-22(34)30-23/h7-10,18-19H,1-6,11-17H2/t19-/m0/s1. The van der Waals surface area contributed by atoms with E-state index in [2.05, 4.69) is 24.3 Å². The van der Waals surface area contributed by atoms with Crippen LogP contribution >= 0.6 is 0 Å². The summed E-state index contributed by atoms with van der Waals surface area (Å²) in [5.41, 5.74) is 2.82. The summed E-state index contributed by atoms with van der Waals surface area (Å²) in [5.74, 6) is 1.96. The van der Waals surface area contributed by atoms with E-state index in [1.807, 2.05) is 17.0 Å². The fourth-order valence-electron chi connectivity index (χ4n) is 5.82. The summed E-state index contributed by atoms with van der Waals surface area (Å²) >= 11 is 0. The zero-order chi connectivity index (χ0) is 23.8. The van der Waals surface area contributed by atoms with Gasteiger partial charge in [0.1, 0.15) is 18.0 Å². The number of halogens is 1. The Bertz CT molecular complexity index is 1200. The van der Waals surface area contributed by atoms with Gasteiger partial charge in [-0.15, -0.1) is 0 Å². The molecule has 0 N–H and O–H groups in total. The van der Waals surface area contributed by atoms with Gasteiger partial charge >= 0.3 is 0 Å². The van der Waals surface area contributed by atoms with Crippen molar-refractivity contribution in [2.45, 2.75) is 45.1 Å². The molecule has 1 atom stereocenters. The fourth-order valence-corrected chi connectivity index (χ4v) is 5.82. The van der Waals surface area contributed by atoms with E-state index in [4.69, 9.17) is 4.98 Å². The van der Waals surface area contributed by atoms with Gasteiger partial charge in [0.25, 0.3) is 0 Å². The third-order valence-electron chi connectivity index (χ3n) is 7.73. The summed E-state index contributed by atoms with van der Waals surface area (Å²) in [6.45, 7) is 5.44. The predicted molar refractivity (Wildman–Crippen MR) is 133 cm³/mol. The number of aryl methyl sites for hydroxylation is 2. The number of hydrogen-bond donors (Lipinski definition) is 0. The molecule has 2 fully saturated rings. The van der Waals surface area contributed by atoms with Crippen molar-refractivity contribution in [3.05, 3.63) is 42.2 Å². The van der Waals surface area contributed by atoms with E-state index in [1.165, 1.54) is 25.0 Å². The van der Waals surface area contributed by atoms with Crippen LogP contribution in [0.2, 0.25) is 0 Å². The molecule has 9 heteroatoms. The number of benzene rings is 1. The van der Waals surface area contributed by atoms with Gasteiger partial charge in [0.15, 0.2) is 17.0 Å². The minimum atomic E-state index is -0.225. The molecule has 3 aromatic rings. The van der Waals surface area contributed by atoms with Crippen LogP contribution in [-0.4, -0.2) is 69.6 Å². The molecule has 3 aliphatic rings. The first-order chi connectivity index (χ1) is 17.2. The number of fused-ring (bicyclic) bond motifs is 3. The molecule has 0 saturated carbocycles. The Balaban J connectivity index is 1.14.